The van der Waals surface area contributed by atoms with Gasteiger partial charge in [-0.1, -0.05) is 0 Å². The normalized spacial score (nSPS) is 18.1. The molecule has 0 saturated heterocycles. The number of aliphatic imine (C=N–C) groups is 1. The molecule has 7 heavy (non-hydrogen) atoms. The lowest BCUT2D eigenvalue weighted by atomic mass is 10.3. The van der Waals surface area contributed by atoms with Crippen LogP contribution in [0.2, 0.25) is 0 Å². The summed E-state index contributed by atoms with van der Waals surface area (Å²) in [5.41, 5.74) is 0.936. The number of hydrogen-bond acceptors (Lipinski definition) is 2. The molecule has 0 amide bonds. The maximum absolute atomic E-state index is 3.89. The molecule has 1 aliphatic rings. The molecule has 0 fully saturated rings. The topological polar surface area (TPSA) is 24.4 Å². The zero-order valence-electron chi connectivity index (χ0n) is 4.02. The number of nitrogens with one attached hydrogen (secondary N) is 1. The van der Waals surface area contributed by atoms with Crippen molar-refractivity contribution in [3.63, 3.8) is 0 Å². The van der Waals surface area contributed by atoms with Gasteiger partial charge in [-0.05, 0) is 12.5 Å². The van der Waals surface area contributed by atoms with Crippen molar-refractivity contribution in [3.05, 3.63) is 18.7 Å². The second-order valence-corrected chi connectivity index (χ2v) is 1.39. The third-order valence-corrected chi connectivity index (χ3v) is 0.727. The molecular weight excluding hydrogens is 88.1 g/mol. The van der Waals surface area contributed by atoms with E-state index >= 15 is 0 Å². The molecule has 0 aliphatic carbocycles. The van der Waals surface area contributed by atoms with Gasteiger partial charge in [0.15, 0.2) is 0 Å². The lowest BCUT2D eigenvalue weighted by molar-refractivity contribution is 0.873. The van der Waals surface area contributed by atoms with Crippen molar-refractivity contribution >= 4 is 6.21 Å². The summed E-state index contributed by atoms with van der Waals surface area (Å²) in [6.45, 7) is 4.34. The van der Waals surface area contributed by atoms with E-state index in [1.165, 1.54) is 0 Å². The minimum atomic E-state index is 0.693. The van der Waals surface area contributed by atoms with Crippen LogP contribution in [0.3, 0.4) is 0 Å². The molecule has 0 spiro atoms. The number of rotatable bonds is 0. The van der Waals surface area contributed by atoms with Crippen molar-refractivity contribution in [1.29, 1.82) is 0 Å². The summed E-state index contributed by atoms with van der Waals surface area (Å²) in [6.07, 6.45) is 3.59. The van der Waals surface area contributed by atoms with Gasteiger partial charge in [-0.15, -0.1) is 0 Å². The predicted octanol–water partition coefficient (Wildman–Crippen LogP) is 0.336. The molecule has 0 atom stereocenters. The van der Waals surface area contributed by atoms with Crippen LogP contribution in [-0.2, 0) is 0 Å². The average Bonchev–Trinajstić information content (AvgIpc) is 1.69. The van der Waals surface area contributed by atoms with Gasteiger partial charge in [0.1, 0.15) is 6.67 Å². The van der Waals surface area contributed by atoms with E-state index in [0.717, 1.165) is 5.57 Å². The molecule has 0 unspecified atom stereocenters. The highest BCUT2D eigenvalue weighted by molar-refractivity contribution is 5.80. The summed E-state index contributed by atoms with van der Waals surface area (Å²) in [7, 11) is 0. The Bertz CT molecular complexity index is 113. The van der Waals surface area contributed by atoms with Gasteiger partial charge in [-0.3, -0.25) is 4.99 Å². The van der Waals surface area contributed by atoms with Crippen LogP contribution in [-0.4, -0.2) is 12.9 Å². The van der Waals surface area contributed by atoms with Crippen LogP contribution in [0, 0.1) is 6.92 Å². The largest absolute Gasteiger partial charge is 0.372 e. The van der Waals surface area contributed by atoms with Gasteiger partial charge in [0.2, 0.25) is 0 Å². The molecule has 0 aromatic heterocycles. The van der Waals surface area contributed by atoms with Gasteiger partial charge >= 0.3 is 0 Å². The fraction of sp³-hybridized carbons (Fsp3) is 0.200. The van der Waals surface area contributed by atoms with Gasteiger partial charge in [0.25, 0.3) is 0 Å². The van der Waals surface area contributed by atoms with E-state index in [2.05, 4.69) is 17.2 Å². The van der Waals surface area contributed by atoms with Crippen molar-refractivity contribution in [2.75, 3.05) is 6.67 Å². The second kappa shape index (κ2) is 1.78. The van der Waals surface area contributed by atoms with Gasteiger partial charge in [-0.25, -0.2) is 0 Å². The first kappa shape index (κ1) is 4.37. The smallest absolute Gasteiger partial charge is 0.107 e. The molecular formula is C5H7N2. The molecule has 37 valence electrons. The van der Waals surface area contributed by atoms with Crippen molar-refractivity contribution in [2.45, 2.75) is 0 Å². The summed E-state index contributed by atoms with van der Waals surface area (Å²) in [5.74, 6) is 0. The van der Waals surface area contributed by atoms with Crippen LogP contribution < -0.4 is 5.32 Å². The quantitative estimate of drug-likeness (QED) is 0.461. The maximum atomic E-state index is 3.89. The molecule has 1 heterocycles. The number of hydrogen-bond donors (Lipinski definition) is 1. The van der Waals surface area contributed by atoms with E-state index in [9.17, 15) is 0 Å². The fourth-order valence-electron chi connectivity index (χ4n) is 0.430. The highest BCUT2D eigenvalue weighted by atomic mass is 15.0. The molecule has 2 nitrogen and oxygen atoms in total. The molecule has 1 aliphatic heterocycles. The third-order valence-electron chi connectivity index (χ3n) is 0.727. The van der Waals surface area contributed by atoms with Crippen LogP contribution in [0.15, 0.2) is 16.8 Å². The second-order valence-electron chi connectivity index (χ2n) is 1.39. The molecule has 0 aromatic rings. The molecule has 0 bridgehead atoms. The van der Waals surface area contributed by atoms with E-state index in [4.69, 9.17) is 0 Å². The highest BCUT2D eigenvalue weighted by Gasteiger charge is 1.85. The van der Waals surface area contributed by atoms with E-state index in [-0.39, 0.29) is 0 Å². The molecule has 1 N–H and O–H groups in total. The Hall–Kier alpha value is -0.790. The van der Waals surface area contributed by atoms with Crippen molar-refractivity contribution in [2.24, 2.45) is 4.99 Å². The van der Waals surface area contributed by atoms with E-state index in [0.29, 0.717) is 6.67 Å². The summed E-state index contributed by atoms with van der Waals surface area (Å²) in [4.78, 5) is 3.89. The van der Waals surface area contributed by atoms with Crippen LogP contribution >= 0.6 is 0 Å². The SMILES string of the molecule is [CH2]C1=CNCN=C1. The van der Waals surface area contributed by atoms with E-state index < -0.39 is 0 Å². The Balaban J connectivity index is 2.58. The Kier molecular flexibility index (Phi) is 1.11. The van der Waals surface area contributed by atoms with Gasteiger partial charge in [-0.2, -0.15) is 0 Å². The highest BCUT2D eigenvalue weighted by Crippen LogP contribution is 1.86. The predicted molar refractivity (Wildman–Crippen MR) is 29.9 cm³/mol. The summed E-state index contributed by atoms with van der Waals surface area (Å²) >= 11 is 0. The van der Waals surface area contributed by atoms with Gasteiger partial charge in [0, 0.05) is 12.4 Å². The van der Waals surface area contributed by atoms with Crippen molar-refractivity contribution in [1.82, 2.24) is 5.32 Å². The van der Waals surface area contributed by atoms with Crippen molar-refractivity contribution in [3.8, 4) is 0 Å². The average molecular weight is 95.1 g/mol. The third kappa shape index (κ3) is 1.03. The van der Waals surface area contributed by atoms with Crippen LogP contribution in [0.1, 0.15) is 0 Å². The standard InChI is InChI=1S/C5H7N2/c1-5-2-6-4-7-3-5/h2-3,6H,1,4H2. The Labute approximate surface area is 42.9 Å². The first-order valence-corrected chi connectivity index (χ1v) is 2.15. The van der Waals surface area contributed by atoms with Gasteiger partial charge in [0.05, 0.1) is 0 Å². The molecule has 1 radical (unpaired) electrons. The van der Waals surface area contributed by atoms with Gasteiger partial charge < -0.3 is 5.32 Å². The lowest BCUT2D eigenvalue weighted by Gasteiger charge is -2.00. The zero-order valence-corrected chi connectivity index (χ0v) is 4.02. The first-order valence-electron chi connectivity index (χ1n) is 2.15. The Morgan fingerprint density at radius 3 is 3.00 bits per heavy atom. The maximum Gasteiger partial charge on any atom is 0.107 e. The molecule has 2 heteroatoms. The zero-order chi connectivity index (χ0) is 5.11. The first-order chi connectivity index (χ1) is 3.39. The lowest BCUT2D eigenvalue weighted by Crippen LogP contribution is -2.09. The van der Waals surface area contributed by atoms with E-state index in [1.54, 1.807) is 6.21 Å². The minimum Gasteiger partial charge on any atom is -0.372 e. The molecule has 0 saturated carbocycles. The van der Waals surface area contributed by atoms with Crippen molar-refractivity contribution < 1.29 is 0 Å². The number of allylic oxidation sites excluding steroid dienone is 1. The van der Waals surface area contributed by atoms with Crippen LogP contribution in [0.5, 0.6) is 0 Å². The monoisotopic (exact) mass is 95.1 g/mol. The summed E-state index contributed by atoms with van der Waals surface area (Å²) < 4.78 is 0. The fourth-order valence-corrected chi connectivity index (χ4v) is 0.430. The van der Waals surface area contributed by atoms with E-state index in [1.807, 2.05) is 6.20 Å². The summed E-state index contributed by atoms with van der Waals surface area (Å²) in [6, 6.07) is 0. The Morgan fingerprint density at radius 1 is 1.86 bits per heavy atom. The minimum absolute atomic E-state index is 0.693. The summed E-state index contributed by atoms with van der Waals surface area (Å²) in [5, 5.41) is 2.91. The van der Waals surface area contributed by atoms with Crippen LogP contribution in [0.25, 0.3) is 0 Å². The molecule has 1 rings (SSSR count). The van der Waals surface area contributed by atoms with Crippen LogP contribution in [0.4, 0.5) is 0 Å². The number of nitrogens with zero attached hydrogens (tertiary/aromatic N) is 1. The Morgan fingerprint density at radius 2 is 2.71 bits per heavy atom. The molecule has 0 aromatic carbocycles.